The number of alkyl halides is 3. The van der Waals surface area contributed by atoms with Gasteiger partial charge in [0.05, 0.1) is 18.8 Å². The maximum absolute atomic E-state index is 12.1. The third-order valence-corrected chi connectivity index (χ3v) is 3.83. The Morgan fingerprint density at radius 1 is 1.24 bits per heavy atom. The minimum Gasteiger partial charge on any atom is -0.376 e. The van der Waals surface area contributed by atoms with Gasteiger partial charge < -0.3 is 15.4 Å². The van der Waals surface area contributed by atoms with E-state index in [2.05, 4.69) is 10.2 Å². The number of halogens is 3. The molecule has 1 aromatic rings. The molecular weight excluding hydrogens is 335 g/mol. The second-order valence-electron chi connectivity index (χ2n) is 6.35. The molecule has 0 spiro atoms. The van der Waals surface area contributed by atoms with Gasteiger partial charge in [-0.2, -0.15) is 13.2 Å². The normalized spacial score (nSPS) is 21.8. The van der Waals surface area contributed by atoms with Crippen molar-refractivity contribution in [2.75, 3.05) is 31.5 Å². The van der Waals surface area contributed by atoms with Crippen molar-refractivity contribution in [3.63, 3.8) is 0 Å². The molecular formula is C17H24F3N3O2. The number of hydrogen-bond acceptors (Lipinski definition) is 4. The van der Waals surface area contributed by atoms with Crippen LogP contribution in [0.2, 0.25) is 0 Å². The number of morpholine rings is 1. The summed E-state index contributed by atoms with van der Waals surface area (Å²) in [7, 11) is 0. The number of para-hydroxylation sites is 1. The monoisotopic (exact) mass is 359 g/mol. The molecule has 0 aromatic heterocycles. The van der Waals surface area contributed by atoms with Crippen LogP contribution in [0.4, 0.5) is 18.9 Å². The number of carbonyl (C=O) groups excluding carboxylic acids is 1. The standard InChI is InChI=1S/C17H24F3N3O2/c1-12-8-23(9-13(2)25-12)10-14-5-3-4-6-15(14)21-7-16(24)22-11-17(18,19)20/h3-6,12-13,21H,7-11H2,1-2H3,(H,22,24). The number of nitrogens with zero attached hydrogens (tertiary/aromatic N) is 1. The highest BCUT2D eigenvalue weighted by molar-refractivity contribution is 5.81. The molecule has 1 aliphatic heterocycles. The van der Waals surface area contributed by atoms with Gasteiger partial charge in [-0.1, -0.05) is 18.2 Å². The van der Waals surface area contributed by atoms with E-state index in [0.29, 0.717) is 6.54 Å². The maximum atomic E-state index is 12.1. The van der Waals surface area contributed by atoms with E-state index in [1.165, 1.54) is 0 Å². The van der Waals surface area contributed by atoms with Gasteiger partial charge in [0.25, 0.3) is 0 Å². The third kappa shape index (κ3) is 6.91. The van der Waals surface area contributed by atoms with Crippen LogP contribution in [-0.4, -0.2) is 55.4 Å². The fraction of sp³-hybridized carbons (Fsp3) is 0.588. The second-order valence-corrected chi connectivity index (χ2v) is 6.35. The number of hydrogen-bond donors (Lipinski definition) is 2. The smallest absolute Gasteiger partial charge is 0.376 e. The Balaban J connectivity index is 1.90. The van der Waals surface area contributed by atoms with E-state index < -0.39 is 18.6 Å². The van der Waals surface area contributed by atoms with Gasteiger partial charge in [0.2, 0.25) is 5.91 Å². The van der Waals surface area contributed by atoms with Gasteiger partial charge in [-0.05, 0) is 25.5 Å². The van der Waals surface area contributed by atoms with Crippen molar-refractivity contribution in [1.29, 1.82) is 0 Å². The molecule has 5 nitrogen and oxygen atoms in total. The van der Waals surface area contributed by atoms with Crippen LogP contribution in [0.3, 0.4) is 0 Å². The minimum absolute atomic E-state index is 0.150. The summed E-state index contributed by atoms with van der Waals surface area (Å²) in [6.07, 6.45) is -4.11. The van der Waals surface area contributed by atoms with Crippen LogP contribution in [0.25, 0.3) is 0 Å². The summed E-state index contributed by atoms with van der Waals surface area (Å²) < 4.78 is 42.1. The number of benzene rings is 1. The molecule has 2 N–H and O–H groups in total. The van der Waals surface area contributed by atoms with E-state index in [1.807, 2.05) is 43.4 Å². The van der Waals surface area contributed by atoms with Crippen LogP contribution in [0.5, 0.6) is 0 Å². The first-order valence-corrected chi connectivity index (χ1v) is 8.26. The van der Waals surface area contributed by atoms with Crippen molar-refractivity contribution in [3.8, 4) is 0 Å². The predicted octanol–water partition coefficient (Wildman–Crippen LogP) is 2.39. The Labute approximate surface area is 145 Å². The molecule has 2 unspecified atom stereocenters. The first-order valence-electron chi connectivity index (χ1n) is 8.26. The van der Waals surface area contributed by atoms with Crippen LogP contribution >= 0.6 is 0 Å². The van der Waals surface area contributed by atoms with Crippen LogP contribution in [0.1, 0.15) is 19.4 Å². The highest BCUT2D eigenvalue weighted by atomic mass is 19.4. The quantitative estimate of drug-likeness (QED) is 0.819. The van der Waals surface area contributed by atoms with Gasteiger partial charge in [0.1, 0.15) is 6.54 Å². The van der Waals surface area contributed by atoms with Gasteiger partial charge in [-0.25, -0.2) is 0 Å². The van der Waals surface area contributed by atoms with Gasteiger partial charge in [0.15, 0.2) is 0 Å². The van der Waals surface area contributed by atoms with Crippen molar-refractivity contribution in [2.45, 2.75) is 38.8 Å². The molecule has 25 heavy (non-hydrogen) atoms. The van der Waals surface area contributed by atoms with E-state index in [9.17, 15) is 18.0 Å². The molecule has 1 amide bonds. The predicted molar refractivity (Wildman–Crippen MR) is 89.3 cm³/mol. The van der Waals surface area contributed by atoms with E-state index in [4.69, 9.17) is 4.74 Å². The first-order chi connectivity index (χ1) is 11.7. The number of amides is 1. The third-order valence-electron chi connectivity index (χ3n) is 3.83. The second kappa shape index (κ2) is 8.53. The van der Waals surface area contributed by atoms with Crippen LogP contribution in [0, 0.1) is 0 Å². The molecule has 0 bridgehead atoms. The van der Waals surface area contributed by atoms with Crippen LogP contribution in [0.15, 0.2) is 24.3 Å². The Morgan fingerprint density at radius 2 is 1.88 bits per heavy atom. The SMILES string of the molecule is CC1CN(Cc2ccccc2NCC(=O)NCC(F)(F)F)CC(C)O1. The van der Waals surface area contributed by atoms with E-state index >= 15 is 0 Å². The molecule has 2 rings (SSSR count). The van der Waals surface area contributed by atoms with Crippen molar-refractivity contribution in [3.05, 3.63) is 29.8 Å². The lowest BCUT2D eigenvalue weighted by molar-refractivity contribution is -0.137. The lowest BCUT2D eigenvalue weighted by Gasteiger charge is -2.35. The molecule has 0 aliphatic carbocycles. The van der Waals surface area contributed by atoms with Crippen molar-refractivity contribution < 1.29 is 22.7 Å². The number of rotatable bonds is 6. The molecule has 2 atom stereocenters. The molecule has 8 heteroatoms. The highest BCUT2D eigenvalue weighted by Gasteiger charge is 2.27. The van der Waals surface area contributed by atoms with Gasteiger partial charge in [-0.15, -0.1) is 0 Å². The summed E-state index contributed by atoms with van der Waals surface area (Å²) in [6.45, 7) is 4.83. The van der Waals surface area contributed by atoms with Crippen LogP contribution in [-0.2, 0) is 16.1 Å². The summed E-state index contributed by atoms with van der Waals surface area (Å²) in [6, 6.07) is 7.49. The number of anilines is 1. The Bertz CT molecular complexity index is 571. The van der Waals surface area contributed by atoms with E-state index in [0.717, 1.165) is 24.3 Å². The van der Waals surface area contributed by atoms with Crippen molar-refractivity contribution >= 4 is 11.6 Å². The molecule has 140 valence electrons. The molecule has 1 fully saturated rings. The lowest BCUT2D eigenvalue weighted by atomic mass is 10.1. The summed E-state index contributed by atoms with van der Waals surface area (Å²) >= 11 is 0. The van der Waals surface area contributed by atoms with E-state index in [1.54, 1.807) is 0 Å². The Hall–Kier alpha value is -1.80. The first kappa shape index (κ1) is 19.5. The minimum atomic E-state index is -4.41. The molecule has 0 radical (unpaired) electrons. The molecule has 1 aliphatic rings. The average molecular weight is 359 g/mol. The van der Waals surface area contributed by atoms with Crippen molar-refractivity contribution in [1.82, 2.24) is 10.2 Å². The summed E-state index contributed by atoms with van der Waals surface area (Å²) in [5, 5.41) is 4.78. The number of ether oxygens (including phenoxy) is 1. The number of nitrogens with one attached hydrogen (secondary N) is 2. The van der Waals surface area contributed by atoms with Gasteiger partial charge >= 0.3 is 6.18 Å². The van der Waals surface area contributed by atoms with E-state index in [-0.39, 0.29) is 18.8 Å². The Morgan fingerprint density at radius 3 is 2.52 bits per heavy atom. The summed E-state index contributed by atoms with van der Waals surface area (Å²) in [5.74, 6) is -0.694. The zero-order valence-electron chi connectivity index (χ0n) is 14.4. The van der Waals surface area contributed by atoms with Crippen LogP contribution < -0.4 is 10.6 Å². The zero-order chi connectivity index (χ0) is 18.4. The van der Waals surface area contributed by atoms with Crippen molar-refractivity contribution in [2.24, 2.45) is 0 Å². The molecule has 0 saturated carbocycles. The lowest BCUT2D eigenvalue weighted by Crippen LogP contribution is -2.44. The average Bonchev–Trinajstić information content (AvgIpc) is 2.50. The molecule has 1 aromatic carbocycles. The fourth-order valence-electron chi connectivity index (χ4n) is 2.92. The number of carbonyl (C=O) groups is 1. The van der Waals surface area contributed by atoms with Gasteiger partial charge in [-0.3, -0.25) is 9.69 Å². The zero-order valence-corrected chi connectivity index (χ0v) is 14.4. The molecule has 1 heterocycles. The highest BCUT2D eigenvalue weighted by Crippen LogP contribution is 2.20. The largest absolute Gasteiger partial charge is 0.405 e. The topological polar surface area (TPSA) is 53.6 Å². The molecule has 1 saturated heterocycles. The Kier molecular flexibility index (Phi) is 6.66. The summed E-state index contributed by atoms with van der Waals surface area (Å²) in [4.78, 5) is 13.8. The summed E-state index contributed by atoms with van der Waals surface area (Å²) in [5.41, 5.74) is 1.74. The maximum Gasteiger partial charge on any atom is 0.405 e. The van der Waals surface area contributed by atoms with Gasteiger partial charge in [0, 0.05) is 25.3 Å². The fourth-order valence-corrected chi connectivity index (χ4v) is 2.92.